The number of urea groups is 1. The van der Waals surface area contributed by atoms with Crippen LogP contribution in [0.25, 0.3) is 0 Å². The molecule has 2 aliphatic heterocycles. The minimum absolute atomic E-state index is 0.0702. The lowest BCUT2D eigenvalue weighted by atomic mass is 10.1. The van der Waals surface area contributed by atoms with Crippen molar-refractivity contribution in [2.75, 3.05) is 18.1 Å². The molecule has 1 aromatic carbocycles. The van der Waals surface area contributed by atoms with Crippen LogP contribution >= 0.6 is 23.4 Å². The molecule has 5 heteroatoms. The van der Waals surface area contributed by atoms with Gasteiger partial charge in [0.15, 0.2) is 0 Å². The Bertz CT molecular complexity index is 476. The van der Waals surface area contributed by atoms with E-state index in [1.807, 2.05) is 40.9 Å². The number of rotatable bonds is 2. The first-order valence-corrected chi connectivity index (χ1v) is 8.17. The average molecular weight is 297 g/mol. The molecule has 2 fully saturated rings. The third-order valence-corrected chi connectivity index (χ3v) is 5.10. The zero-order chi connectivity index (χ0) is 13.2. The van der Waals surface area contributed by atoms with E-state index in [4.69, 9.17) is 11.6 Å². The first-order chi connectivity index (χ1) is 9.24. The Balaban J connectivity index is 1.72. The SMILES string of the molecule is O=C1NC(c2cccc(Cl)c2)CN1C1CCSCC1. The number of halogens is 1. The Morgan fingerprint density at radius 3 is 2.84 bits per heavy atom. The maximum Gasteiger partial charge on any atom is 0.318 e. The van der Waals surface area contributed by atoms with Crippen LogP contribution < -0.4 is 5.32 Å². The number of nitrogens with one attached hydrogen (secondary N) is 1. The van der Waals surface area contributed by atoms with E-state index in [1.54, 1.807) is 0 Å². The Labute approximate surface area is 122 Å². The van der Waals surface area contributed by atoms with Gasteiger partial charge in [-0.3, -0.25) is 0 Å². The lowest BCUT2D eigenvalue weighted by Crippen LogP contribution is -2.40. The number of hydrogen-bond acceptors (Lipinski definition) is 2. The van der Waals surface area contributed by atoms with Gasteiger partial charge in [-0.1, -0.05) is 23.7 Å². The van der Waals surface area contributed by atoms with Crippen LogP contribution in [0.5, 0.6) is 0 Å². The maximum atomic E-state index is 12.1. The van der Waals surface area contributed by atoms with E-state index in [0.717, 1.165) is 41.5 Å². The van der Waals surface area contributed by atoms with Gasteiger partial charge in [0, 0.05) is 17.6 Å². The summed E-state index contributed by atoms with van der Waals surface area (Å²) in [5.74, 6) is 2.33. The van der Waals surface area contributed by atoms with Crippen molar-refractivity contribution in [3.05, 3.63) is 34.9 Å². The highest BCUT2D eigenvalue weighted by atomic mass is 35.5. The van der Waals surface area contributed by atoms with E-state index in [9.17, 15) is 4.79 Å². The van der Waals surface area contributed by atoms with Gasteiger partial charge in [-0.2, -0.15) is 11.8 Å². The van der Waals surface area contributed by atoms with Crippen molar-refractivity contribution >= 4 is 29.4 Å². The summed E-state index contributed by atoms with van der Waals surface area (Å²) in [6.45, 7) is 0.758. The molecule has 0 aliphatic carbocycles. The highest BCUT2D eigenvalue weighted by molar-refractivity contribution is 7.99. The zero-order valence-corrected chi connectivity index (χ0v) is 12.2. The van der Waals surface area contributed by atoms with Crippen LogP contribution in [0, 0.1) is 0 Å². The van der Waals surface area contributed by atoms with Gasteiger partial charge in [-0.25, -0.2) is 4.79 Å². The smallest absolute Gasteiger partial charge is 0.318 e. The number of carbonyl (C=O) groups is 1. The highest BCUT2D eigenvalue weighted by Crippen LogP contribution is 2.28. The number of hydrogen-bond donors (Lipinski definition) is 1. The summed E-state index contributed by atoms with van der Waals surface area (Å²) >= 11 is 8.00. The number of amides is 2. The van der Waals surface area contributed by atoms with Gasteiger partial charge in [0.1, 0.15) is 0 Å². The van der Waals surface area contributed by atoms with E-state index in [1.165, 1.54) is 0 Å². The quantitative estimate of drug-likeness (QED) is 0.908. The standard InChI is InChI=1S/C14H17ClN2OS/c15-11-3-1-2-10(8-11)13-9-17(14(18)16-13)12-4-6-19-7-5-12/h1-3,8,12-13H,4-7,9H2,(H,16,18). The molecule has 0 aromatic heterocycles. The van der Waals surface area contributed by atoms with Crippen molar-refractivity contribution in [1.82, 2.24) is 10.2 Å². The third kappa shape index (κ3) is 2.84. The largest absolute Gasteiger partial charge is 0.329 e. The van der Waals surface area contributed by atoms with Crippen LogP contribution in [-0.4, -0.2) is 35.0 Å². The summed E-state index contributed by atoms with van der Waals surface area (Å²) in [6, 6.07) is 8.30. The fourth-order valence-corrected chi connectivity index (χ4v) is 4.06. The van der Waals surface area contributed by atoms with Crippen LogP contribution in [0.15, 0.2) is 24.3 Å². The Morgan fingerprint density at radius 1 is 1.32 bits per heavy atom. The molecule has 2 aliphatic rings. The number of benzene rings is 1. The van der Waals surface area contributed by atoms with Gasteiger partial charge in [-0.15, -0.1) is 0 Å². The fourth-order valence-electron chi connectivity index (χ4n) is 2.78. The normalized spacial score (nSPS) is 24.6. The molecule has 0 spiro atoms. The van der Waals surface area contributed by atoms with Crippen LogP contribution in [-0.2, 0) is 0 Å². The molecule has 1 unspecified atom stereocenters. The summed E-state index contributed by atoms with van der Waals surface area (Å²) in [4.78, 5) is 14.1. The molecule has 2 amide bonds. The zero-order valence-electron chi connectivity index (χ0n) is 10.6. The monoisotopic (exact) mass is 296 g/mol. The van der Waals surface area contributed by atoms with Gasteiger partial charge in [-0.05, 0) is 42.0 Å². The van der Waals surface area contributed by atoms with Crippen LogP contribution in [0.4, 0.5) is 4.79 Å². The second kappa shape index (κ2) is 5.63. The summed E-state index contributed by atoms with van der Waals surface area (Å²) in [5, 5.41) is 3.79. The molecule has 2 saturated heterocycles. The van der Waals surface area contributed by atoms with Crippen LogP contribution in [0.3, 0.4) is 0 Å². The van der Waals surface area contributed by atoms with E-state index < -0.39 is 0 Å². The van der Waals surface area contributed by atoms with E-state index >= 15 is 0 Å². The summed E-state index contributed by atoms with van der Waals surface area (Å²) in [7, 11) is 0. The molecule has 0 saturated carbocycles. The van der Waals surface area contributed by atoms with Gasteiger partial charge in [0.05, 0.1) is 6.04 Å². The lowest BCUT2D eigenvalue weighted by Gasteiger charge is -2.29. The predicted molar refractivity (Wildman–Crippen MR) is 79.8 cm³/mol. The first kappa shape index (κ1) is 13.1. The Hall–Kier alpha value is -0.870. The molecule has 1 atom stereocenters. The lowest BCUT2D eigenvalue weighted by molar-refractivity contribution is 0.193. The van der Waals surface area contributed by atoms with Crippen molar-refractivity contribution in [3.8, 4) is 0 Å². The molecule has 19 heavy (non-hydrogen) atoms. The molecule has 2 heterocycles. The summed E-state index contributed by atoms with van der Waals surface area (Å²) in [6.07, 6.45) is 2.22. The molecule has 3 rings (SSSR count). The minimum atomic E-state index is 0.0702. The molecule has 1 aromatic rings. The van der Waals surface area contributed by atoms with E-state index in [-0.39, 0.29) is 12.1 Å². The van der Waals surface area contributed by atoms with Gasteiger partial charge < -0.3 is 10.2 Å². The second-order valence-electron chi connectivity index (χ2n) is 5.05. The number of thioether (sulfide) groups is 1. The molecule has 0 bridgehead atoms. The van der Waals surface area contributed by atoms with Crippen molar-refractivity contribution < 1.29 is 4.79 Å². The van der Waals surface area contributed by atoms with E-state index in [2.05, 4.69) is 5.32 Å². The summed E-state index contributed by atoms with van der Waals surface area (Å²) < 4.78 is 0. The molecule has 1 N–H and O–H groups in total. The molecular weight excluding hydrogens is 280 g/mol. The number of nitrogens with zero attached hydrogens (tertiary/aromatic N) is 1. The Kier molecular flexibility index (Phi) is 3.89. The molecule has 3 nitrogen and oxygen atoms in total. The van der Waals surface area contributed by atoms with Crippen LogP contribution in [0.1, 0.15) is 24.4 Å². The molecule has 102 valence electrons. The van der Waals surface area contributed by atoms with E-state index in [0.29, 0.717) is 6.04 Å². The van der Waals surface area contributed by atoms with Gasteiger partial charge in [0.2, 0.25) is 0 Å². The van der Waals surface area contributed by atoms with Gasteiger partial charge >= 0.3 is 6.03 Å². The number of carbonyl (C=O) groups excluding carboxylic acids is 1. The maximum absolute atomic E-state index is 12.1. The average Bonchev–Trinajstić information content (AvgIpc) is 2.82. The molecule has 0 radical (unpaired) electrons. The van der Waals surface area contributed by atoms with Crippen LogP contribution in [0.2, 0.25) is 5.02 Å². The van der Waals surface area contributed by atoms with Crippen molar-refractivity contribution in [3.63, 3.8) is 0 Å². The second-order valence-corrected chi connectivity index (χ2v) is 6.71. The third-order valence-electron chi connectivity index (χ3n) is 3.82. The predicted octanol–water partition coefficient (Wildman–Crippen LogP) is 3.30. The fraction of sp³-hybridized carbons (Fsp3) is 0.500. The molecular formula is C14H17ClN2OS. The van der Waals surface area contributed by atoms with Gasteiger partial charge in [0.25, 0.3) is 0 Å². The van der Waals surface area contributed by atoms with Crippen molar-refractivity contribution in [1.29, 1.82) is 0 Å². The summed E-state index contributed by atoms with van der Waals surface area (Å²) in [5.41, 5.74) is 1.09. The highest BCUT2D eigenvalue weighted by Gasteiger charge is 2.35. The first-order valence-electron chi connectivity index (χ1n) is 6.64. The topological polar surface area (TPSA) is 32.3 Å². The van der Waals surface area contributed by atoms with Crippen molar-refractivity contribution in [2.45, 2.75) is 24.9 Å². The minimum Gasteiger partial charge on any atom is -0.329 e. The Morgan fingerprint density at radius 2 is 2.11 bits per heavy atom. The van der Waals surface area contributed by atoms with Crippen molar-refractivity contribution in [2.24, 2.45) is 0 Å².